The molecule has 5 aliphatic rings. The summed E-state index contributed by atoms with van der Waals surface area (Å²) in [5.74, 6) is 5.34. The number of hydrogen-bond acceptors (Lipinski definition) is 11. The number of anilines is 7. The smallest absolute Gasteiger partial charge is 0.632 e. The molecule has 515 valence electrons. The van der Waals surface area contributed by atoms with Crippen molar-refractivity contribution in [2.24, 2.45) is 5.41 Å². The summed E-state index contributed by atoms with van der Waals surface area (Å²) in [6.45, 7) is 54.7. The van der Waals surface area contributed by atoms with Crippen LogP contribution in [-0.2, 0) is 105 Å². The van der Waals surface area contributed by atoms with Gasteiger partial charge in [0.2, 0.25) is 20.7 Å². The Bertz CT molecular complexity index is 3140. The Kier molecular flexibility index (Phi) is 35.8. The number of aryl methyl sites for hydroxylation is 2. The van der Waals surface area contributed by atoms with Gasteiger partial charge in [-0.25, -0.2) is 0 Å². The van der Waals surface area contributed by atoms with Crippen LogP contribution in [0.5, 0.6) is 0 Å². The van der Waals surface area contributed by atoms with E-state index in [1.54, 1.807) is 0 Å². The van der Waals surface area contributed by atoms with Crippen molar-refractivity contribution in [2.45, 2.75) is 146 Å². The van der Waals surface area contributed by atoms with E-state index in [1.165, 1.54) is 22.5 Å². The zero-order chi connectivity index (χ0) is 65.5. The first-order valence-corrected chi connectivity index (χ1v) is 33.9. The Morgan fingerprint density at radius 3 is 1.13 bits per heavy atom. The zero-order valence-electron chi connectivity index (χ0n) is 60.0. The van der Waals surface area contributed by atoms with E-state index in [0.717, 1.165) is 29.1 Å². The molecule has 4 unspecified atom stereocenters. The molecule has 1 radical (unpaired) electrons. The molecule has 2 aromatic carbocycles. The van der Waals surface area contributed by atoms with Gasteiger partial charge in [-0.1, -0.05) is 303 Å². The summed E-state index contributed by atoms with van der Waals surface area (Å²) < 4.78 is 7.22. The Labute approximate surface area is 653 Å². The summed E-state index contributed by atoms with van der Waals surface area (Å²) in [4.78, 5) is 40.7. The molecule has 0 amide bonds. The molecule has 4 atom stereocenters. The van der Waals surface area contributed by atoms with E-state index < -0.39 is 0 Å². The Balaban J connectivity index is 0.000000308. The van der Waals surface area contributed by atoms with Crippen LogP contribution in [0, 0.1) is 45.9 Å². The maximum absolute atomic E-state index is 4.53. The Morgan fingerprint density at radius 2 is 0.737 bits per heavy atom. The van der Waals surface area contributed by atoms with Crippen LogP contribution in [-0.4, -0.2) is 126 Å². The minimum absolute atomic E-state index is 0. The van der Waals surface area contributed by atoms with Crippen molar-refractivity contribution < 1.29 is 105 Å². The van der Waals surface area contributed by atoms with Gasteiger partial charge in [0.1, 0.15) is 27.4 Å². The first kappa shape index (κ1) is 86.8. The molecule has 32 heteroatoms. The van der Waals surface area contributed by atoms with Crippen LogP contribution < -0.4 is 58.3 Å². The quantitative estimate of drug-likeness (QED) is 0.112. The maximum atomic E-state index is 4.53. The molecule has 12 rings (SSSR count). The van der Waals surface area contributed by atoms with E-state index in [9.17, 15) is 0 Å². The summed E-state index contributed by atoms with van der Waals surface area (Å²) in [5.41, 5.74) is 7.54. The van der Waals surface area contributed by atoms with Crippen LogP contribution in [0.1, 0.15) is 52.7 Å². The van der Waals surface area contributed by atoms with E-state index in [-0.39, 0.29) is 121 Å². The minimum atomic E-state index is 0. The van der Waals surface area contributed by atoms with Gasteiger partial charge in [-0.3, -0.25) is 26.7 Å². The Morgan fingerprint density at radius 1 is 0.389 bits per heavy atom. The number of benzene rings is 2. The number of aromatic nitrogens is 5. The van der Waals surface area contributed by atoms with Crippen molar-refractivity contribution in [3.8, 4) is 0 Å². The standard InChI is InChI=1S/C18H25B2N3.C15H19B2N3.C11H19B2N3.C10H17B2N3.C9H18B2N4Si.5Pt/c1-18(2,3)17-19(4)22(15-10-7-6-8-11-15)14-23(20(17)5)16-12-9-13-21-16;1-13-16(2)19(14-8-5-4-6-9-14)12-20(17(13)3)15-10-7-11-18-15;1-9-6-7-14-11(9)16-8-15(5)12(3)10(2)13(16)4;1-9-11(2)14(4)8-15(12(9)3)10-6-5-7-13-10;1-8-6-7-12-9(8)15-11(3)13(4)10(2)14(5)16-15;;;;;/h6-14,17H,1-5H3;4-13H,1-3H3;6-8,10H,1-5H3;5-9H,1-4H3;6-7,16H,1-5H3;;;;;/q4*-2;-1;;4*+2. The molecule has 5 aliphatic heterocycles. The number of hydrogen-bond donors (Lipinski definition) is 0. The summed E-state index contributed by atoms with van der Waals surface area (Å²) in [6, 6.07) is 37.5. The van der Waals surface area contributed by atoms with Gasteiger partial charge in [-0.05, 0) is 69.0 Å². The number of para-hydroxylation sites is 2. The van der Waals surface area contributed by atoms with Crippen molar-refractivity contribution in [3.05, 3.63) is 178 Å². The molecule has 0 bridgehead atoms. The van der Waals surface area contributed by atoms with Crippen LogP contribution in [0.25, 0.3) is 0 Å². The second-order valence-corrected chi connectivity index (χ2v) is 28.9. The third kappa shape index (κ3) is 20.7. The fraction of sp³-hybridized carbons (Fsp3) is 0.429. The molecular weight excluding hydrogens is 2090 g/mol. The molecule has 0 saturated carbocycles. The van der Waals surface area contributed by atoms with E-state index in [4.69, 9.17) is 0 Å². The predicted molar refractivity (Wildman–Crippen MR) is 402 cm³/mol. The fourth-order valence-electron chi connectivity index (χ4n) is 13.6. The first-order chi connectivity index (χ1) is 42.7. The van der Waals surface area contributed by atoms with Crippen LogP contribution >= 0.6 is 0 Å². The van der Waals surface area contributed by atoms with Crippen molar-refractivity contribution in [1.29, 1.82) is 0 Å². The molecule has 5 fully saturated rings. The van der Waals surface area contributed by atoms with Gasteiger partial charge in [0.15, 0.2) is 13.7 Å². The second-order valence-electron chi connectivity index (χ2n) is 27.3. The van der Waals surface area contributed by atoms with E-state index in [0.29, 0.717) is 91.6 Å². The molecule has 0 N–H and O–H groups in total. The molecule has 16 nitrogen and oxygen atoms in total. The largest absolute Gasteiger partial charge is 2.00 e. The first-order valence-electron chi connectivity index (χ1n) is 32.8. The predicted octanol–water partition coefficient (Wildman–Crippen LogP) is 11.4. The third-order valence-corrected chi connectivity index (χ3v) is 22.6. The SMILES string of the molecule is CB1C(C(C)(C)C)B(C)N(c2ccc[n-]2)[CH-]N1c1ccccc1.CB1C(C)B(C)N(c2[n-]ccc2C)[CH-]N1C.CB1C(C)B(C)N(c2ccc[n-]2)[CH-]N1C.CB1C(C)B(C)N(c2ccc[n-]2)[CH-]N1c1ccccc1.CB1N(C)[SiH]N(c2[n-]ccc2C)B(C)N1C.[Pt+2].[Pt+2].[Pt+2].[Pt+2].[Pt]. The van der Waals surface area contributed by atoms with Gasteiger partial charge in [-0.15, -0.1) is 0 Å². The summed E-state index contributed by atoms with van der Waals surface area (Å²) >= 11 is 0. The summed E-state index contributed by atoms with van der Waals surface area (Å²) in [7, 11) is 8.76. The molecule has 0 aliphatic carbocycles. The van der Waals surface area contributed by atoms with Gasteiger partial charge in [0.05, 0.1) is 9.84 Å². The normalized spacial score (nSPS) is 19.8. The van der Waals surface area contributed by atoms with Gasteiger partial charge >= 0.3 is 84.3 Å². The number of nitrogens with zero attached hydrogens (tertiary/aromatic N) is 16. The average molecular weight is 2190 g/mol. The fourth-order valence-corrected chi connectivity index (χ4v) is 15.2. The molecule has 0 spiro atoms. The molecular formula is C63H98B10N16Pt5Si-. The van der Waals surface area contributed by atoms with Crippen molar-refractivity contribution in [2.75, 3.05) is 61.5 Å². The van der Waals surface area contributed by atoms with E-state index in [2.05, 4.69) is 347 Å². The molecule has 95 heavy (non-hydrogen) atoms. The monoisotopic (exact) mass is 2190 g/mol. The van der Waals surface area contributed by atoms with Crippen LogP contribution in [0.4, 0.5) is 40.5 Å². The Hall–Kier alpha value is -2.41. The molecule has 5 aromatic heterocycles. The van der Waals surface area contributed by atoms with Gasteiger partial charge < -0.3 is 77.1 Å². The molecule has 5 saturated heterocycles. The third-order valence-electron chi connectivity index (χ3n) is 20.9. The van der Waals surface area contributed by atoms with Gasteiger partial charge in [0.25, 0.3) is 6.98 Å². The van der Waals surface area contributed by atoms with Crippen molar-refractivity contribution >= 4 is 119 Å². The van der Waals surface area contributed by atoms with Crippen molar-refractivity contribution in [1.82, 2.24) is 43.7 Å². The second kappa shape index (κ2) is 39.1. The summed E-state index contributed by atoms with van der Waals surface area (Å²) in [6.07, 6.45) is 9.35. The van der Waals surface area contributed by atoms with E-state index >= 15 is 0 Å². The van der Waals surface area contributed by atoms with Crippen LogP contribution in [0.2, 0.25) is 91.1 Å². The van der Waals surface area contributed by atoms with Gasteiger partial charge in [0, 0.05) is 21.1 Å². The van der Waals surface area contributed by atoms with Crippen molar-refractivity contribution in [3.63, 3.8) is 0 Å². The van der Waals surface area contributed by atoms with Gasteiger partial charge in [-0.2, -0.15) is 0 Å². The average Bonchev–Trinajstić information content (AvgIpc) is 1.21. The molecule has 10 heterocycles. The topological polar surface area (TPSA) is 106 Å². The maximum Gasteiger partial charge on any atom is 2.00 e. The van der Waals surface area contributed by atoms with Crippen LogP contribution in [0.15, 0.2) is 140 Å². The van der Waals surface area contributed by atoms with E-state index in [1.807, 2.05) is 49.2 Å². The number of rotatable bonds is 7. The summed E-state index contributed by atoms with van der Waals surface area (Å²) in [5, 5.41) is 0. The minimum Gasteiger partial charge on any atom is -0.632 e. The zero-order valence-corrected chi connectivity index (χ0v) is 72.5. The van der Waals surface area contributed by atoms with Crippen LogP contribution in [0.3, 0.4) is 0 Å². The molecule has 7 aromatic rings.